The van der Waals surface area contributed by atoms with Crippen LogP contribution in [0.5, 0.6) is 5.75 Å². The molecule has 1 aromatic rings. The Labute approximate surface area is 99.3 Å². The molecular formula is C10H14Cl2N2O. The van der Waals surface area contributed by atoms with Gasteiger partial charge in [0.15, 0.2) is 0 Å². The van der Waals surface area contributed by atoms with E-state index in [2.05, 4.69) is 0 Å². The smallest absolute Gasteiger partial charge is 0.142 e. The second kappa shape index (κ2) is 4.58. The molecule has 0 aliphatic rings. The quantitative estimate of drug-likeness (QED) is 0.862. The van der Waals surface area contributed by atoms with E-state index in [4.69, 9.17) is 39.4 Å². The fourth-order valence-corrected chi connectivity index (χ4v) is 1.87. The van der Waals surface area contributed by atoms with Crippen LogP contribution in [0.15, 0.2) is 12.1 Å². The van der Waals surface area contributed by atoms with Gasteiger partial charge in [0.1, 0.15) is 5.75 Å². The van der Waals surface area contributed by atoms with Gasteiger partial charge in [-0.3, -0.25) is 0 Å². The number of ether oxygens (including phenoxy) is 1. The lowest BCUT2D eigenvalue weighted by atomic mass is 9.92. The van der Waals surface area contributed by atoms with Crippen LogP contribution in [0.4, 0.5) is 0 Å². The fourth-order valence-electron chi connectivity index (χ4n) is 1.30. The zero-order valence-electron chi connectivity index (χ0n) is 8.68. The Bertz CT molecular complexity index is 367. The van der Waals surface area contributed by atoms with Crippen molar-refractivity contribution in [2.75, 3.05) is 13.7 Å². The van der Waals surface area contributed by atoms with E-state index in [1.807, 2.05) is 0 Å². The number of halogens is 2. The maximum absolute atomic E-state index is 6.03. The predicted molar refractivity (Wildman–Crippen MR) is 63.6 cm³/mol. The topological polar surface area (TPSA) is 61.3 Å². The third-order valence-corrected chi connectivity index (χ3v) is 2.75. The highest BCUT2D eigenvalue weighted by Crippen LogP contribution is 2.36. The predicted octanol–water partition coefficient (Wildman–Crippen LogP) is 2.13. The Morgan fingerprint density at radius 1 is 1.40 bits per heavy atom. The third kappa shape index (κ3) is 2.55. The number of nitrogens with two attached hydrogens (primary N) is 2. The Hall–Kier alpha value is -0.480. The van der Waals surface area contributed by atoms with Gasteiger partial charge in [0.25, 0.3) is 0 Å². The van der Waals surface area contributed by atoms with E-state index in [0.717, 1.165) is 0 Å². The van der Waals surface area contributed by atoms with Gasteiger partial charge in [0.05, 0.1) is 17.7 Å². The van der Waals surface area contributed by atoms with Crippen LogP contribution in [-0.2, 0) is 5.54 Å². The average molecular weight is 249 g/mol. The summed E-state index contributed by atoms with van der Waals surface area (Å²) in [7, 11) is 1.53. The lowest BCUT2D eigenvalue weighted by molar-refractivity contribution is 0.389. The molecule has 0 spiro atoms. The van der Waals surface area contributed by atoms with Gasteiger partial charge in [0.2, 0.25) is 0 Å². The van der Waals surface area contributed by atoms with Crippen molar-refractivity contribution in [3.05, 3.63) is 27.7 Å². The minimum absolute atomic E-state index is 0.278. The van der Waals surface area contributed by atoms with E-state index < -0.39 is 5.54 Å². The molecule has 1 atom stereocenters. The minimum atomic E-state index is -0.708. The molecule has 84 valence electrons. The highest BCUT2D eigenvalue weighted by atomic mass is 35.5. The molecule has 0 aromatic heterocycles. The highest BCUT2D eigenvalue weighted by Gasteiger charge is 2.25. The first-order valence-electron chi connectivity index (χ1n) is 4.45. The molecule has 0 amide bonds. The van der Waals surface area contributed by atoms with Crippen molar-refractivity contribution in [1.29, 1.82) is 0 Å². The van der Waals surface area contributed by atoms with Crippen LogP contribution < -0.4 is 16.2 Å². The third-order valence-electron chi connectivity index (χ3n) is 2.25. The maximum Gasteiger partial charge on any atom is 0.142 e. The van der Waals surface area contributed by atoms with Crippen molar-refractivity contribution in [3.63, 3.8) is 0 Å². The van der Waals surface area contributed by atoms with Crippen LogP contribution in [0, 0.1) is 0 Å². The summed E-state index contributed by atoms with van der Waals surface area (Å²) >= 11 is 11.9. The molecule has 1 unspecified atom stereocenters. The normalized spacial score (nSPS) is 14.8. The van der Waals surface area contributed by atoms with Crippen molar-refractivity contribution >= 4 is 23.2 Å². The van der Waals surface area contributed by atoms with Gasteiger partial charge in [-0.2, -0.15) is 0 Å². The Morgan fingerprint density at radius 3 is 2.47 bits per heavy atom. The Morgan fingerprint density at radius 2 is 2.00 bits per heavy atom. The zero-order valence-corrected chi connectivity index (χ0v) is 10.2. The van der Waals surface area contributed by atoms with Gasteiger partial charge in [0, 0.05) is 17.1 Å². The molecule has 0 heterocycles. The number of hydrogen-bond donors (Lipinski definition) is 2. The zero-order chi connectivity index (χ0) is 11.6. The van der Waals surface area contributed by atoms with Crippen molar-refractivity contribution in [3.8, 4) is 5.75 Å². The van der Waals surface area contributed by atoms with Crippen molar-refractivity contribution in [2.45, 2.75) is 12.5 Å². The van der Waals surface area contributed by atoms with Gasteiger partial charge >= 0.3 is 0 Å². The van der Waals surface area contributed by atoms with Gasteiger partial charge in [-0.1, -0.05) is 23.2 Å². The molecule has 0 aliphatic carbocycles. The first-order valence-corrected chi connectivity index (χ1v) is 5.20. The Kier molecular flexibility index (Phi) is 3.84. The molecular weight excluding hydrogens is 235 g/mol. The van der Waals surface area contributed by atoms with Crippen molar-refractivity contribution in [2.24, 2.45) is 11.5 Å². The van der Waals surface area contributed by atoms with Crippen LogP contribution >= 0.6 is 23.2 Å². The van der Waals surface area contributed by atoms with Crippen LogP contribution in [0.1, 0.15) is 12.5 Å². The van der Waals surface area contributed by atoms with Crippen LogP contribution in [0.3, 0.4) is 0 Å². The largest absolute Gasteiger partial charge is 0.495 e. The molecule has 0 aliphatic heterocycles. The van der Waals surface area contributed by atoms with Crippen LogP contribution in [0.25, 0.3) is 0 Å². The molecule has 0 bridgehead atoms. The van der Waals surface area contributed by atoms with Crippen molar-refractivity contribution < 1.29 is 4.74 Å². The first kappa shape index (κ1) is 12.6. The molecule has 0 fully saturated rings. The lowest BCUT2D eigenvalue weighted by Gasteiger charge is -2.26. The van der Waals surface area contributed by atoms with Gasteiger partial charge < -0.3 is 16.2 Å². The number of methoxy groups -OCH3 is 1. The second-order valence-corrected chi connectivity index (χ2v) is 4.43. The van der Waals surface area contributed by atoms with E-state index in [1.165, 1.54) is 7.11 Å². The average Bonchev–Trinajstić information content (AvgIpc) is 2.16. The molecule has 5 heteroatoms. The monoisotopic (exact) mass is 248 g/mol. The molecule has 1 rings (SSSR count). The fraction of sp³-hybridized carbons (Fsp3) is 0.400. The maximum atomic E-state index is 6.03. The van der Waals surface area contributed by atoms with Crippen LogP contribution in [-0.4, -0.2) is 13.7 Å². The highest BCUT2D eigenvalue weighted by molar-refractivity contribution is 6.35. The number of rotatable bonds is 3. The SMILES string of the molecule is COc1c(Cl)cc(Cl)cc1C(C)(N)CN. The summed E-state index contributed by atoms with van der Waals surface area (Å²) in [5.41, 5.74) is 11.6. The van der Waals surface area contributed by atoms with Gasteiger partial charge in [-0.05, 0) is 19.1 Å². The molecule has 15 heavy (non-hydrogen) atoms. The lowest BCUT2D eigenvalue weighted by Crippen LogP contribution is -2.41. The van der Waals surface area contributed by atoms with E-state index in [-0.39, 0.29) is 6.54 Å². The number of hydrogen-bond acceptors (Lipinski definition) is 3. The summed E-state index contributed by atoms with van der Waals surface area (Å²) in [4.78, 5) is 0. The summed E-state index contributed by atoms with van der Waals surface area (Å²) in [6.07, 6.45) is 0. The van der Waals surface area contributed by atoms with Gasteiger partial charge in [-0.15, -0.1) is 0 Å². The van der Waals surface area contributed by atoms with Crippen LogP contribution in [0.2, 0.25) is 10.0 Å². The second-order valence-electron chi connectivity index (χ2n) is 3.59. The summed E-state index contributed by atoms with van der Waals surface area (Å²) in [5, 5.41) is 0.950. The molecule has 0 saturated carbocycles. The number of benzene rings is 1. The minimum Gasteiger partial charge on any atom is -0.495 e. The molecule has 1 aromatic carbocycles. The molecule has 0 saturated heterocycles. The molecule has 0 radical (unpaired) electrons. The Balaban J connectivity index is 3.39. The van der Waals surface area contributed by atoms with E-state index in [0.29, 0.717) is 21.4 Å². The van der Waals surface area contributed by atoms with E-state index in [1.54, 1.807) is 19.1 Å². The van der Waals surface area contributed by atoms with Crippen molar-refractivity contribution in [1.82, 2.24) is 0 Å². The van der Waals surface area contributed by atoms with E-state index in [9.17, 15) is 0 Å². The molecule has 4 N–H and O–H groups in total. The standard InChI is InChI=1S/C10H14Cl2N2O/c1-10(14,5-13)7-3-6(11)4-8(12)9(7)15-2/h3-4H,5,13-14H2,1-2H3. The summed E-state index contributed by atoms with van der Waals surface area (Å²) in [5.74, 6) is 0.525. The van der Waals surface area contributed by atoms with E-state index >= 15 is 0 Å². The first-order chi connectivity index (χ1) is 6.92. The summed E-state index contributed by atoms with van der Waals surface area (Å²) < 4.78 is 5.19. The summed E-state index contributed by atoms with van der Waals surface area (Å²) in [6, 6.07) is 3.33. The van der Waals surface area contributed by atoms with Gasteiger partial charge in [-0.25, -0.2) is 0 Å². The summed E-state index contributed by atoms with van der Waals surface area (Å²) in [6.45, 7) is 2.08. The molecule has 3 nitrogen and oxygen atoms in total.